The van der Waals surface area contributed by atoms with Gasteiger partial charge in [0.15, 0.2) is 6.29 Å². The first-order valence-electron chi connectivity index (χ1n) is 10.6. The summed E-state index contributed by atoms with van der Waals surface area (Å²) in [6.07, 6.45) is 3.65. The van der Waals surface area contributed by atoms with Crippen LogP contribution in [0.5, 0.6) is 5.75 Å². The Labute approximate surface area is 175 Å². The smallest absolute Gasteiger partial charge is 0.306 e. The van der Waals surface area contributed by atoms with Crippen LogP contribution in [0.15, 0.2) is 24.3 Å². The molecule has 2 saturated heterocycles. The molecular weight excluding hydrogens is 399 g/mol. The minimum atomic E-state index is -1.10. The van der Waals surface area contributed by atoms with E-state index in [9.17, 15) is 9.18 Å². The molecule has 0 N–H and O–H groups in total. The Morgan fingerprint density at radius 2 is 2.21 bits per heavy atom. The molecule has 0 aromatic heterocycles. The van der Waals surface area contributed by atoms with Crippen LogP contribution in [0.2, 0.25) is 5.02 Å². The molecule has 0 bridgehead atoms. The normalized spacial score (nSPS) is 32.6. The van der Waals surface area contributed by atoms with Crippen molar-refractivity contribution in [3.8, 4) is 5.75 Å². The highest BCUT2D eigenvalue weighted by molar-refractivity contribution is 6.30. The first-order chi connectivity index (χ1) is 14.1. The second-order valence-electron chi connectivity index (χ2n) is 8.21. The number of rotatable bonds is 8. The monoisotopic (exact) mass is 426 g/mol. The van der Waals surface area contributed by atoms with Crippen LogP contribution in [-0.4, -0.2) is 43.9 Å². The van der Waals surface area contributed by atoms with Crippen molar-refractivity contribution in [3.05, 3.63) is 29.3 Å². The van der Waals surface area contributed by atoms with Crippen molar-refractivity contribution in [2.45, 2.75) is 69.6 Å². The molecule has 0 radical (unpaired) electrons. The molecule has 3 fully saturated rings. The molecule has 2 aliphatic heterocycles. The molecule has 4 rings (SSSR count). The topological polar surface area (TPSA) is 54.0 Å². The predicted octanol–water partition coefficient (Wildman–Crippen LogP) is 4.70. The third-order valence-electron chi connectivity index (χ3n) is 6.16. The summed E-state index contributed by atoms with van der Waals surface area (Å²) in [5.74, 6) is 0.614. The van der Waals surface area contributed by atoms with Gasteiger partial charge in [0, 0.05) is 24.0 Å². The Hall–Kier alpha value is -1.37. The van der Waals surface area contributed by atoms with Gasteiger partial charge < -0.3 is 18.9 Å². The molecule has 1 saturated carbocycles. The van der Waals surface area contributed by atoms with Crippen LogP contribution in [0.4, 0.5) is 4.39 Å². The van der Waals surface area contributed by atoms with Gasteiger partial charge in [0.05, 0.1) is 12.5 Å². The zero-order chi connectivity index (χ0) is 20.2. The second-order valence-corrected chi connectivity index (χ2v) is 8.65. The third kappa shape index (κ3) is 5.41. The van der Waals surface area contributed by atoms with Crippen LogP contribution in [0.25, 0.3) is 0 Å². The van der Waals surface area contributed by atoms with Gasteiger partial charge in [-0.1, -0.05) is 17.7 Å². The summed E-state index contributed by atoms with van der Waals surface area (Å²) in [6, 6.07) is 6.95. The molecule has 1 aliphatic carbocycles. The molecule has 1 aromatic carbocycles. The average molecular weight is 427 g/mol. The van der Waals surface area contributed by atoms with Crippen molar-refractivity contribution >= 4 is 17.6 Å². The molecule has 7 heteroatoms. The minimum Gasteiger partial charge on any atom is -0.491 e. The van der Waals surface area contributed by atoms with Crippen molar-refractivity contribution in [2.75, 3.05) is 13.2 Å². The standard InChI is InChI=1S/C22H28ClFO5/c23-14-4-3-5-16(10-14)27-13-15(24)7-8-17-18-11-21(25)28-20(18)12-19(17)29-22-6-1-2-9-26-22/h3-5,10,15,17-20,22H,1-2,6-9,11-13H2/t15-,17-,18-,19-,20+,22?/m1/s1. The molecule has 0 spiro atoms. The van der Waals surface area contributed by atoms with Crippen molar-refractivity contribution < 1.29 is 28.1 Å². The van der Waals surface area contributed by atoms with Gasteiger partial charge in [-0.05, 0) is 56.2 Å². The molecule has 5 nitrogen and oxygen atoms in total. The quantitative estimate of drug-likeness (QED) is 0.564. The van der Waals surface area contributed by atoms with Gasteiger partial charge in [0.2, 0.25) is 0 Å². The Kier molecular flexibility index (Phi) is 6.93. The van der Waals surface area contributed by atoms with E-state index in [0.717, 1.165) is 25.9 Å². The van der Waals surface area contributed by atoms with Gasteiger partial charge in [0.1, 0.15) is 24.6 Å². The number of hydrogen-bond donors (Lipinski definition) is 0. The van der Waals surface area contributed by atoms with Crippen LogP contribution in [-0.2, 0) is 19.0 Å². The summed E-state index contributed by atoms with van der Waals surface area (Å²) in [5.41, 5.74) is 0. The summed E-state index contributed by atoms with van der Waals surface area (Å²) in [5, 5.41) is 0.561. The number of ether oxygens (including phenoxy) is 4. The number of carbonyl (C=O) groups is 1. The number of halogens is 2. The van der Waals surface area contributed by atoms with Gasteiger partial charge >= 0.3 is 5.97 Å². The lowest BCUT2D eigenvalue weighted by molar-refractivity contribution is -0.197. The largest absolute Gasteiger partial charge is 0.491 e. The number of esters is 1. The van der Waals surface area contributed by atoms with Crippen LogP contribution in [0.3, 0.4) is 0 Å². The van der Waals surface area contributed by atoms with E-state index in [-0.39, 0.29) is 42.9 Å². The van der Waals surface area contributed by atoms with Crippen molar-refractivity contribution in [1.29, 1.82) is 0 Å². The van der Waals surface area contributed by atoms with Crippen molar-refractivity contribution in [2.24, 2.45) is 11.8 Å². The van der Waals surface area contributed by atoms with Crippen LogP contribution >= 0.6 is 11.6 Å². The van der Waals surface area contributed by atoms with E-state index in [1.54, 1.807) is 24.3 Å². The molecule has 2 heterocycles. The highest BCUT2D eigenvalue weighted by Crippen LogP contribution is 2.45. The first kappa shape index (κ1) is 20.9. The number of alkyl halides is 1. The molecule has 0 amide bonds. The Balaban J connectivity index is 1.30. The zero-order valence-electron chi connectivity index (χ0n) is 16.4. The number of benzene rings is 1. The van der Waals surface area contributed by atoms with E-state index in [4.69, 9.17) is 30.5 Å². The van der Waals surface area contributed by atoms with Gasteiger partial charge in [-0.3, -0.25) is 4.79 Å². The van der Waals surface area contributed by atoms with Crippen LogP contribution < -0.4 is 4.74 Å². The van der Waals surface area contributed by atoms with Crippen LogP contribution in [0, 0.1) is 11.8 Å². The lowest BCUT2D eigenvalue weighted by Gasteiger charge is -2.30. The summed E-state index contributed by atoms with van der Waals surface area (Å²) >= 11 is 5.93. The summed E-state index contributed by atoms with van der Waals surface area (Å²) < 4.78 is 37.5. The third-order valence-corrected chi connectivity index (χ3v) is 6.39. The number of carbonyl (C=O) groups excluding carboxylic acids is 1. The van der Waals surface area contributed by atoms with Crippen molar-refractivity contribution in [3.63, 3.8) is 0 Å². The van der Waals surface area contributed by atoms with E-state index < -0.39 is 6.17 Å². The maximum atomic E-state index is 14.5. The second kappa shape index (κ2) is 9.63. The first-order valence-corrected chi connectivity index (χ1v) is 11.0. The maximum absolute atomic E-state index is 14.5. The highest BCUT2D eigenvalue weighted by atomic mass is 35.5. The number of fused-ring (bicyclic) bond motifs is 1. The summed E-state index contributed by atoms with van der Waals surface area (Å²) in [7, 11) is 0. The van der Waals surface area contributed by atoms with Gasteiger partial charge in [-0.25, -0.2) is 4.39 Å². The average Bonchev–Trinajstić information content (AvgIpc) is 3.21. The van der Waals surface area contributed by atoms with E-state index in [1.807, 2.05) is 0 Å². The SMILES string of the molecule is O=C1C[C@@H]2[C@@H](CC[C@@H](F)COc3cccc(Cl)c3)[C@H](OC3CCCCO3)C[C@@H]2O1. The summed E-state index contributed by atoms with van der Waals surface area (Å²) in [4.78, 5) is 11.7. The lowest BCUT2D eigenvalue weighted by Crippen LogP contribution is -2.32. The van der Waals surface area contributed by atoms with E-state index in [0.29, 0.717) is 36.5 Å². The molecule has 3 aliphatic rings. The molecule has 1 unspecified atom stereocenters. The highest BCUT2D eigenvalue weighted by Gasteiger charge is 2.51. The van der Waals surface area contributed by atoms with Gasteiger partial charge in [-0.2, -0.15) is 0 Å². The van der Waals surface area contributed by atoms with Gasteiger partial charge in [0.25, 0.3) is 0 Å². The minimum absolute atomic E-state index is 0.0200. The zero-order valence-corrected chi connectivity index (χ0v) is 17.2. The molecule has 1 aromatic rings. The molecule has 160 valence electrons. The van der Waals surface area contributed by atoms with E-state index >= 15 is 0 Å². The lowest BCUT2D eigenvalue weighted by atomic mass is 9.87. The summed E-state index contributed by atoms with van der Waals surface area (Å²) in [6.45, 7) is 0.700. The Morgan fingerprint density at radius 3 is 3.00 bits per heavy atom. The van der Waals surface area contributed by atoms with Crippen LogP contribution in [0.1, 0.15) is 44.9 Å². The number of hydrogen-bond acceptors (Lipinski definition) is 5. The van der Waals surface area contributed by atoms with Crippen molar-refractivity contribution in [1.82, 2.24) is 0 Å². The fourth-order valence-corrected chi connectivity index (χ4v) is 4.91. The van der Waals surface area contributed by atoms with E-state index in [1.165, 1.54) is 0 Å². The van der Waals surface area contributed by atoms with Gasteiger partial charge in [-0.15, -0.1) is 0 Å². The molecule has 29 heavy (non-hydrogen) atoms. The fraction of sp³-hybridized carbons (Fsp3) is 0.682. The molecular formula is C22H28ClFO5. The Bertz CT molecular complexity index is 696. The van der Waals surface area contributed by atoms with E-state index in [2.05, 4.69) is 0 Å². The molecule has 6 atom stereocenters. The predicted molar refractivity (Wildman–Crippen MR) is 106 cm³/mol. The fourth-order valence-electron chi connectivity index (χ4n) is 4.73. The Morgan fingerprint density at radius 1 is 1.31 bits per heavy atom. The maximum Gasteiger partial charge on any atom is 0.306 e.